The second-order valence-electron chi connectivity index (χ2n) is 2.18. The molecule has 0 unspecified atom stereocenters. The number of rotatable bonds is 4. The van der Waals surface area contributed by atoms with Crippen molar-refractivity contribution in [1.29, 1.82) is 0 Å². The van der Waals surface area contributed by atoms with Gasteiger partial charge in [0.05, 0.1) is 12.3 Å². The van der Waals surface area contributed by atoms with Crippen LogP contribution in [0.4, 0.5) is 0 Å². The number of amides is 1. The second-order valence-corrected chi connectivity index (χ2v) is 2.49. The number of nitrogens with zero attached hydrogens (tertiary/aromatic N) is 1. The first kappa shape index (κ1) is 10.4. The molecule has 0 aromatic carbocycles. The molecular formula is C8H13NOS. The molecule has 0 aromatic rings. The molecule has 2 nitrogen and oxygen atoms in total. The highest BCUT2D eigenvalue weighted by Gasteiger charge is 2.07. The molecule has 0 aliphatic heterocycles. The minimum atomic E-state index is 0.00753. The zero-order valence-electron chi connectivity index (χ0n) is 6.71. The molecule has 0 radical (unpaired) electrons. The summed E-state index contributed by atoms with van der Waals surface area (Å²) in [4.78, 5) is 12.7. The van der Waals surface area contributed by atoms with Gasteiger partial charge < -0.3 is 4.90 Å². The third-order valence-electron chi connectivity index (χ3n) is 1.26. The van der Waals surface area contributed by atoms with Gasteiger partial charge in [0.15, 0.2) is 0 Å². The Balaban J connectivity index is 3.89. The van der Waals surface area contributed by atoms with E-state index in [-0.39, 0.29) is 11.7 Å². The molecule has 0 aliphatic rings. The fourth-order valence-corrected chi connectivity index (χ4v) is 0.972. The van der Waals surface area contributed by atoms with Crippen LogP contribution >= 0.6 is 12.6 Å². The van der Waals surface area contributed by atoms with E-state index in [0.29, 0.717) is 6.54 Å². The van der Waals surface area contributed by atoms with E-state index in [1.54, 1.807) is 4.90 Å². The Morgan fingerprint density at radius 3 is 2.73 bits per heavy atom. The highest BCUT2D eigenvalue weighted by Crippen LogP contribution is 1.93. The quantitative estimate of drug-likeness (QED) is 0.490. The number of hydrogen-bond donors (Lipinski definition) is 1. The van der Waals surface area contributed by atoms with Gasteiger partial charge in [-0.3, -0.25) is 4.79 Å². The van der Waals surface area contributed by atoms with Crippen molar-refractivity contribution in [3.05, 3.63) is 0 Å². The first-order valence-electron chi connectivity index (χ1n) is 3.58. The van der Waals surface area contributed by atoms with Crippen molar-refractivity contribution in [3.8, 4) is 12.3 Å². The lowest BCUT2D eigenvalue weighted by atomic mass is 10.4. The van der Waals surface area contributed by atoms with E-state index < -0.39 is 0 Å². The van der Waals surface area contributed by atoms with Crippen molar-refractivity contribution in [2.24, 2.45) is 0 Å². The maximum Gasteiger partial charge on any atom is 0.233 e. The molecule has 0 heterocycles. The van der Waals surface area contributed by atoms with Gasteiger partial charge in [0.25, 0.3) is 0 Å². The molecule has 1 amide bonds. The summed E-state index contributed by atoms with van der Waals surface area (Å²) >= 11 is 3.88. The summed E-state index contributed by atoms with van der Waals surface area (Å²) in [5.41, 5.74) is 0. The summed E-state index contributed by atoms with van der Waals surface area (Å²) in [7, 11) is 0. The topological polar surface area (TPSA) is 20.3 Å². The lowest BCUT2D eigenvalue weighted by molar-refractivity contribution is -0.127. The van der Waals surface area contributed by atoms with Crippen LogP contribution in [-0.4, -0.2) is 29.6 Å². The number of carbonyl (C=O) groups excluding carboxylic acids is 1. The van der Waals surface area contributed by atoms with Crippen LogP contribution in [0, 0.1) is 12.3 Å². The van der Waals surface area contributed by atoms with Gasteiger partial charge in [-0.05, 0) is 6.42 Å². The standard InChI is InChI=1S/C8H13NOS/c1-3-5-9(6-4-2)8(10)7-11/h1,11H,4-7H2,2H3. The number of hydrogen-bond acceptors (Lipinski definition) is 2. The van der Waals surface area contributed by atoms with E-state index in [9.17, 15) is 4.79 Å². The van der Waals surface area contributed by atoms with Crippen molar-refractivity contribution < 1.29 is 4.79 Å². The van der Waals surface area contributed by atoms with Gasteiger partial charge in [-0.25, -0.2) is 0 Å². The average molecular weight is 171 g/mol. The smallest absolute Gasteiger partial charge is 0.233 e. The zero-order chi connectivity index (χ0) is 8.69. The van der Waals surface area contributed by atoms with E-state index in [1.165, 1.54) is 0 Å². The van der Waals surface area contributed by atoms with E-state index in [2.05, 4.69) is 18.5 Å². The molecule has 0 bridgehead atoms. The Bertz CT molecular complexity index is 162. The monoisotopic (exact) mass is 171 g/mol. The Hall–Kier alpha value is -0.620. The summed E-state index contributed by atoms with van der Waals surface area (Å²) < 4.78 is 0. The molecular weight excluding hydrogens is 158 g/mol. The third kappa shape index (κ3) is 3.94. The third-order valence-corrected chi connectivity index (χ3v) is 1.53. The fourth-order valence-electron chi connectivity index (χ4n) is 0.772. The molecule has 0 rings (SSSR count). The van der Waals surface area contributed by atoms with Gasteiger partial charge >= 0.3 is 0 Å². The number of thiol groups is 1. The Morgan fingerprint density at radius 2 is 2.36 bits per heavy atom. The summed E-state index contributed by atoms with van der Waals surface area (Å²) in [6, 6.07) is 0. The Labute approximate surface area is 73.4 Å². The van der Waals surface area contributed by atoms with Crippen LogP contribution in [0.2, 0.25) is 0 Å². The SMILES string of the molecule is C#CCN(CCC)C(=O)CS. The van der Waals surface area contributed by atoms with Gasteiger partial charge in [0.2, 0.25) is 5.91 Å². The first-order chi connectivity index (χ1) is 5.26. The molecule has 0 atom stereocenters. The van der Waals surface area contributed by atoms with Crippen LogP contribution in [0.1, 0.15) is 13.3 Å². The summed E-state index contributed by atoms with van der Waals surface area (Å²) in [6.45, 7) is 3.13. The van der Waals surface area contributed by atoms with Crippen LogP contribution in [-0.2, 0) is 4.79 Å². The molecule has 62 valence electrons. The van der Waals surface area contributed by atoms with E-state index >= 15 is 0 Å². The minimum Gasteiger partial charge on any atom is -0.331 e. The normalized spacial score (nSPS) is 8.82. The molecule has 0 fully saturated rings. The lowest BCUT2D eigenvalue weighted by Crippen LogP contribution is -2.32. The largest absolute Gasteiger partial charge is 0.331 e. The molecule has 0 saturated heterocycles. The fraction of sp³-hybridized carbons (Fsp3) is 0.625. The molecule has 0 aromatic heterocycles. The van der Waals surface area contributed by atoms with E-state index in [0.717, 1.165) is 13.0 Å². The van der Waals surface area contributed by atoms with Gasteiger partial charge in [0, 0.05) is 6.54 Å². The van der Waals surface area contributed by atoms with E-state index in [4.69, 9.17) is 6.42 Å². The Kier molecular flexibility index (Phi) is 5.77. The van der Waals surface area contributed by atoms with Crippen molar-refractivity contribution in [1.82, 2.24) is 4.90 Å². The Morgan fingerprint density at radius 1 is 1.73 bits per heavy atom. The minimum absolute atomic E-state index is 0.00753. The second kappa shape index (κ2) is 6.11. The molecule has 0 aliphatic carbocycles. The van der Waals surface area contributed by atoms with Crippen LogP contribution in [0.5, 0.6) is 0 Å². The van der Waals surface area contributed by atoms with Crippen molar-refractivity contribution in [2.45, 2.75) is 13.3 Å². The summed E-state index contributed by atoms with van der Waals surface area (Å²) in [6.07, 6.45) is 6.02. The van der Waals surface area contributed by atoms with Crippen molar-refractivity contribution >= 4 is 18.5 Å². The van der Waals surface area contributed by atoms with Crippen molar-refractivity contribution in [2.75, 3.05) is 18.8 Å². The maximum absolute atomic E-state index is 11.0. The lowest BCUT2D eigenvalue weighted by Gasteiger charge is -2.17. The van der Waals surface area contributed by atoms with Crippen LogP contribution in [0.15, 0.2) is 0 Å². The summed E-state index contributed by atoms with van der Waals surface area (Å²) in [5.74, 6) is 2.68. The van der Waals surface area contributed by atoms with Gasteiger partial charge in [-0.2, -0.15) is 12.6 Å². The number of carbonyl (C=O) groups is 1. The van der Waals surface area contributed by atoms with Crippen LogP contribution in [0.3, 0.4) is 0 Å². The summed E-state index contributed by atoms with van der Waals surface area (Å²) in [5, 5.41) is 0. The van der Waals surface area contributed by atoms with Gasteiger partial charge in [-0.15, -0.1) is 6.42 Å². The van der Waals surface area contributed by atoms with Crippen LogP contribution < -0.4 is 0 Å². The molecule has 0 N–H and O–H groups in total. The van der Waals surface area contributed by atoms with Gasteiger partial charge in [-0.1, -0.05) is 12.8 Å². The molecule has 0 spiro atoms. The van der Waals surface area contributed by atoms with Gasteiger partial charge in [0.1, 0.15) is 0 Å². The molecule has 11 heavy (non-hydrogen) atoms. The average Bonchev–Trinajstić information content (AvgIpc) is 2.03. The van der Waals surface area contributed by atoms with E-state index in [1.807, 2.05) is 6.92 Å². The zero-order valence-corrected chi connectivity index (χ0v) is 7.60. The maximum atomic E-state index is 11.0. The predicted octanol–water partition coefficient (Wildman–Crippen LogP) is 0.788. The number of terminal acetylenes is 1. The molecule has 0 saturated carbocycles. The highest BCUT2D eigenvalue weighted by molar-refractivity contribution is 7.81. The first-order valence-corrected chi connectivity index (χ1v) is 4.21. The van der Waals surface area contributed by atoms with Crippen molar-refractivity contribution in [3.63, 3.8) is 0 Å². The highest BCUT2D eigenvalue weighted by atomic mass is 32.1. The molecule has 3 heteroatoms. The van der Waals surface area contributed by atoms with Crippen LogP contribution in [0.25, 0.3) is 0 Å². The predicted molar refractivity (Wildman–Crippen MR) is 49.6 cm³/mol.